The minimum atomic E-state index is -0.0998. The van der Waals surface area contributed by atoms with E-state index in [1.807, 2.05) is 6.92 Å². The Balaban J connectivity index is 2.35. The second kappa shape index (κ2) is 4.78. The summed E-state index contributed by atoms with van der Waals surface area (Å²) in [5, 5.41) is 0. The molecule has 14 heavy (non-hydrogen) atoms. The van der Waals surface area contributed by atoms with Crippen molar-refractivity contribution in [2.75, 3.05) is 26.7 Å². The van der Waals surface area contributed by atoms with Crippen molar-refractivity contribution in [3.05, 3.63) is 0 Å². The zero-order valence-corrected chi connectivity index (χ0v) is 9.62. The summed E-state index contributed by atoms with van der Waals surface area (Å²) in [5.41, 5.74) is 0. The van der Waals surface area contributed by atoms with E-state index in [1.165, 1.54) is 7.11 Å². The van der Waals surface area contributed by atoms with E-state index in [4.69, 9.17) is 4.74 Å². The molecule has 82 valence electrons. The Hall–Kier alpha value is -0.570. The second-order valence-electron chi connectivity index (χ2n) is 4.60. The highest BCUT2D eigenvalue weighted by Crippen LogP contribution is 2.22. The van der Waals surface area contributed by atoms with E-state index in [2.05, 4.69) is 18.7 Å². The van der Waals surface area contributed by atoms with Crippen molar-refractivity contribution >= 4 is 5.97 Å². The van der Waals surface area contributed by atoms with Gasteiger partial charge in [0.1, 0.15) is 0 Å². The van der Waals surface area contributed by atoms with Crippen molar-refractivity contribution in [3.63, 3.8) is 0 Å². The van der Waals surface area contributed by atoms with Gasteiger partial charge in [-0.3, -0.25) is 4.79 Å². The Morgan fingerprint density at radius 1 is 1.43 bits per heavy atom. The van der Waals surface area contributed by atoms with Crippen LogP contribution in [0.4, 0.5) is 0 Å². The number of methoxy groups -OCH3 is 1. The molecule has 1 aliphatic rings. The molecule has 0 amide bonds. The molecule has 0 N–H and O–H groups in total. The van der Waals surface area contributed by atoms with Gasteiger partial charge in [-0.2, -0.15) is 0 Å². The van der Waals surface area contributed by atoms with E-state index < -0.39 is 0 Å². The number of carbonyl (C=O) groups excluding carboxylic acids is 1. The van der Waals surface area contributed by atoms with Crippen molar-refractivity contribution in [2.45, 2.75) is 20.8 Å². The Kier molecular flexibility index (Phi) is 3.93. The number of rotatable bonds is 3. The van der Waals surface area contributed by atoms with Crippen LogP contribution in [0.2, 0.25) is 0 Å². The van der Waals surface area contributed by atoms with Gasteiger partial charge in [-0.15, -0.1) is 0 Å². The van der Waals surface area contributed by atoms with Crippen molar-refractivity contribution < 1.29 is 9.53 Å². The number of nitrogens with zero attached hydrogens (tertiary/aromatic N) is 1. The maximum absolute atomic E-state index is 11.2. The SMILES string of the molecule is COC(=O)C(C)CN1CC(C)C(C)C1. The summed E-state index contributed by atoms with van der Waals surface area (Å²) in [6, 6.07) is 0. The average Bonchev–Trinajstić information content (AvgIpc) is 2.44. The lowest BCUT2D eigenvalue weighted by molar-refractivity contribution is -0.145. The summed E-state index contributed by atoms with van der Waals surface area (Å²) in [6.45, 7) is 9.53. The normalized spacial score (nSPS) is 30.3. The van der Waals surface area contributed by atoms with E-state index in [-0.39, 0.29) is 11.9 Å². The maximum atomic E-state index is 11.2. The number of esters is 1. The van der Waals surface area contributed by atoms with Gasteiger partial charge in [0.15, 0.2) is 0 Å². The minimum Gasteiger partial charge on any atom is -0.469 e. The third-order valence-corrected chi connectivity index (χ3v) is 3.20. The quantitative estimate of drug-likeness (QED) is 0.643. The third kappa shape index (κ3) is 2.71. The highest BCUT2D eigenvalue weighted by molar-refractivity contribution is 5.72. The summed E-state index contributed by atoms with van der Waals surface area (Å²) in [5.74, 6) is 1.40. The summed E-state index contributed by atoms with van der Waals surface area (Å²) in [4.78, 5) is 13.6. The van der Waals surface area contributed by atoms with Crippen LogP contribution in [0.25, 0.3) is 0 Å². The maximum Gasteiger partial charge on any atom is 0.309 e. The molecule has 0 spiro atoms. The molecule has 3 unspecified atom stereocenters. The van der Waals surface area contributed by atoms with Gasteiger partial charge in [-0.05, 0) is 11.8 Å². The number of hydrogen-bond acceptors (Lipinski definition) is 3. The minimum absolute atomic E-state index is 0.00231. The molecular formula is C11H21NO2. The smallest absolute Gasteiger partial charge is 0.309 e. The predicted octanol–water partition coefficient (Wildman–Crippen LogP) is 1.38. The largest absolute Gasteiger partial charge is 0.469 e. The topological polar surface area (TPSA) is 29.5 Å². The Morgan fingerprint density at radius 2 is 1.93 bits per heavy atom. The Morgan fingerprint density at radius 3 is 2.36 bits per heavy atom. The third-order valence-electron chi connectivity index (χ3n) is 3.20. The van der Waals surface area contributed by atoms with Crippen LogP contribution in [0.15, 0.2) is 0 Å². The fraction of sp³-hybridized carbons (Fsp3) is 0.909. The molecule has 0 bridgehead atoms. The molecule has 1 saturated heterocycles. The van der Waals surface area contributed by atoms with Crippen LogP contribution in [-0.2, 0) is 9.53 Å². The average molecular weight is 199 g/mol. The van der Waals surface area contributed by atoms with Crippen molar-refractivity contribution in [3.8, 4) is 0 Å². The van der Waals surface area contributed by atoms with Crippen LogP contribution >= 0.6 is 0 Å². The van der Waals surface area contributed by atoms with Crippen LogP contribution in [0, 0.1) is 17.8 Å². The standard InChI is InChI=1S/C11H21NO2/c1-8-5-12(6-9(8)2)7-10(3)11(13)14-4/h8-10H,5-7H2,1-4H3. The van der Waals surface area contributed by atoms with Crippen LogP contribution in [0.1, 0.15) is 20.8 Å². The first kappa shape index (κ1) is 11.5. The second-order valence-corrected chi connectivity index (χ2v) is 4.60. The van der Waals surface area contributed by atoms with Crippen molar-refractivity contribution in [1.29, 1.82) is 0 Å². The molecule has 0 aromatic heterocycles. The molecule has 1 heterocycles. The number of likely N-dealkylation sites (tertiary alicyclic amines) is 1. The monoisotopic (exact) mass is 199 g/mol. The molecule has 0 aromatic rings. The van der Waals surface area contributed by atoms with Gasteiger partial charge in [-0.1, -0.05) is 20.8 Å². The highest BCUT2D eigenvalue weighted by atomic mass is 16.5. The molecule has 3 nitrogen and oxygen atoms in total. The summed E-state index contributed by atoms with van der Waals surface area (Å²) in [6.07, 6.45) is 0. The first-order valence-electron chi connectivity index (χ1n) is 5.34. The highest BCUT2D eigenvalue weighted by Gasteiger charge is 2.28. The molecule has 3 heteroatoms. The Bertz CT molecular complexity index is 195. The summed E-state index contributed by atoms with van der Waals surface area (Å²) < 4.78 is 4.71. The van der Waals surface area contributed by atoms with Gasteiger partial charge in [0.2, 0.25) is 0 Å². The number of hydrogen-bond donors (Lipinski definition) is 0. The first-order valence-corrected chi connectivity index (χ1v) is 5.34. The van der Waals surface area contributed by atoms with Gasteiger partial charge in [0, 0.05) is 19.6 Å². The molecule has 1 aliphatic heterocycles. The zero-order chi connectivity index (χ0) is 10.7. The first-order chi connectivity index (χ1) is 6.54. The van der Waals surface area contributed by atoms with E-state index in [0.29, 0.717) is 0 Å². The molecule has 1 rings (SSSR count). The fourth-order valence-electron chi connectivity index (χ4n) is 2.06. The number of ether oxygens (including phenoxy) is 1. The summed E-state index contributed by atoms with van der Waals surface area (Å²) >= 11 is 0. The van der Waals surface area contributed by atoms with E-state index in [1.54, 1.807) is 0 Å². The van der Waals surface area contributed by atoms with Crippen LogP contribution in [0.3, 0.4) is 0 Å². The van der Waals surface area contributed by atoms with Gasteiger partial charge in [-0.25, -0.2) is 0 Å². The lowest BCUT2D eigenvalue weighted by atomic mass is 10.0. The van der Waals surface area contributed by atoms with Crippen molar-refractivity contribution in [1.82, 2.24) is 4.90 Å². The molecular weight excluding hydrogens is 178 g/mol. The van der Waals surface area contributed by atoms with E-state index in [9.17, 15) is 4.79 Å². The van der Waals surface area contributed by atoms with Gasteiger partial charge >= 0.3 is 5.97 Å². The lowest BCUT2D eigenvalue weighted by Crippen LogP contribution is -2.30. The van der Waals surface area contributed by atoms with Crippen molar-refractivity contribution in [2.24, 2.45) is 17.8 Å². The lowest BCUT2D eigenvalue weighted by Gasteiger charge is -2.18. The zero-order valence-electron chi connectivity index (χ0n) is 9.62. The number of carbonyl (C=O) groups is 1. The molecule has 3 atom stereocenters. The van der Waals surface area contributed by atoms with Crippen LogP contribution in [0.5, 0.6) is 0 Å². The van der Waals surface area contributed by atoms with E-state index in [0.717, 1.165) is 31.5 Å². The molecule has 0 aromatic carbocycles. The Labute approximate surface area is 86.4 Å². The van der Waals surface area contributed by atoms with Gasteiger partial charge in [0.05, 0.1) is 13.0 Å². The van der Waals surface area contributed by atoms with Crippen LogP contribution in [-0.4, -0.2) is 37.6 Å². The van der Waals surface area contributed by atoms with E-state index >= 15 is 0 Å². The molecule has 0 radical (unpaired) electrons. The van der Waals surface area contributed by atoms with Crippen LogP contribution < -0.4 is 0 Å². The fourth-order valence-corrected chi connectivity index (χ4v) is 2.06. The summed E-state index contributed by atoms with van der Waals surface area (Å²) in [7, 11) is 1.45. The molecule has 1 fully saturated rings. The predicted molar refractivity (Wildman–Crippen MR) is 55.9 cm³/mol. The van der Waals surface area contributed by atoms with Gasteiger partial charge < -0.3 is 9.64 Å². The molecule has 0 saturated carbocycles. The van der Waals surface area contributed by atoms with Gasteiger partial charge in [0.25, 0.3) is 0 Å². The molecule has 0 aliphatic carbocycles.